The maximum absolute atomic E-state index is 11.0. The van der Waals surface area contributed by atoms with Crippen molar-refractivity contribution in [1.29, 1.82) is 0 Å². The van der Waals surface area contributed by atoms with Gasteiger partial charge in [0.05, 0.1) is 0 Å². The Morgan fingerprint density at radius 1 is 1.73 bits per heavy atom. The zero-order chi connectivity index (χ0) is 8.27. The summed E-state index contributed by atoms with van der Waals surface area (Å²) in [5.41, 5.74) is 0. The third-order valence-corrected chi connectivity index (χ3v) is 2.20. The highest BCUT2D eigenvalue weighted by Crippen LogP contribution is 2.23. The molecule has 1 rings (SSSR count). The van der Waals surface area contributed by atoms with Crippen molar-refractivity contribution in [2.45, 2.75) is 25.3 Å². The Balaban J connectivity index is 2.27. The number of amides is 1. The van der Waals surface area contributed by atoms with Gasteiger partial charge in [0.15, 0.2) is 6.07 Å². The van der Waals surface area contributed by atoms with Crippen molar-refractivity contribution < 1.29 is 9.53 Å². The molecule has 0 aromatic heterocycles. The van der Waals surface area contributed by atoms with Gasteiger partial charge in [-0.25, -0.2) is 4.79 Å². The lowest BCUT2D eigenvalue weighted by molar-refractivity contribution is 0.0923. The van der Waals surface area contributed by atoms with Crippen LogP contribution in [0.25, 0.3) is 0 Å². The van der Waals surface area contributed by atoms with Gasteiger partial charge in [0.1, 0.15) is 0 Å². The average Bonchev–Trinajstić information content (AvgIpc) is 1.84. The molecule has 1 saturated carbocycles. The number of nitrogens with zero attached hydrogens (tertiary/aromatic N) is 1. The van der Waals surface area contributed by atoms with Crippen LogP contribution in [0.3, 0.4) is 0 Å². The van der Waals surface area contributed by atoms with Crippen molar-refractivity contribution in [2.75, 3.05) is 13.1 Å². The van der Waals surface area contributed by atoms with Gasteiger partial charge in [-0.1, -0.05) is 11.6 Å². The highest BCUT2D eigenvalue weighted by atomic mass is 35.5. The van der Waals surface area contributed by atoms with Crippen molar-refractivity contribution in [1.82, 2.24) is 4.90 Å². The van der Waals surface area contributed by atoms with Gasteiger partial charge in [0.25, 0.3) is 0 Å². The molecule has 0 aromatic rings. The number of hydrogen-bond donors (Lipinski definition) is 0. The second-order valence-corrected chi connectivity index (χ2v) is 2.93. The molecule has 0 heterocycles. The van der Waals surface area contributed by atoms with E-state index in [0.29, 0.717) is 6.04 Å². The van der Waals surface area contributed by atoms with Crippen LogP contribution in [-0.2, 0) is 4.74 Å². The largest absolute Gasteiger partial charge is 0.433 e. The molecule has 0 saturated heterocycles. The molecule has 11 heavy (non-hydrogen) atoms. The Morgan fingerprint density at radius 2 is 2.36 bits per heavy atom. The first kappa shape index (κ1) is 8.65. The first-order chi connectivity index (χ1) is 5.25. The summed E-state index contributed by atoms with van der Waals surface area (Å²) < 4.78 is 4.61. The summed E-state index contributed by atoms with van der Waals surface area (Å²) in [4.78, 5) is 12.6. The van der Waals surface area contributed by atoms with Gasteiger partial charge < -0.3 is 9.64 Å². The first-order valence-electron chi connectivity index (χ1n) is 3.71. The van der Waals surface area contributed by atoms with Crippen LogP contribution >= 0.6 is 11.6 Å². The predicted molar refractivity (Wildman–Crippen MR) is 42.6 cm³/mol. The predicted octanol–water partition coefficient (Wildman–Crippen LogP) is 1.80. The van der Waals surface area contributed by atoms with Crippen LogP contribution in [0.15, 0.2) is 0 Å². The van der Waals surface area contributed by atoms with Crippen LogP contribution in [0.1, 0.15) is 19.3 Å². The van der Waals surface area contributed by atoms with E-state index < -0.39 is 0 Å². The van der Waals surface area contributed by atoms with Crippen molar-refractivity contribution in [3.63, 3.8) is 0 Å². The minimum absolute atomic E-state index is 0.0596. The molecule has 0 atom stereocenters. The second kappa shape index (κ2) is 3.81. The third kappa shape index (κ3) is 1.99. The first-order valence-corrected chi connectivity index (χ1v) is 4.24. The third-order valence-electron chi connectivity index (χ3n) is 2.09. The lowest BCUT2D eigenvalue weighted by Crippen LogP contribution is -2.41. The summed E-state index contributed by atoms with van der Waals surface area (Å²) >= 11 is 5.24. The molecule has 1 aliphatic carbocycles. The second-order valence-electron chi connectivity index (χ2n) is 2.71. The zero-order valence-corrected chi connectivity index (χ0v) is 7.30. The van der Waals surface area contributed by atoms with E-state index in [2.05, 4.69) is 4.74 Å². The monoisotopic (exact) mass is 177 g/mol. The van der Waals surface area contributed by atoms with E-state index in [1.54, 1.807) is 11.9 Å². The molecule has 64 valence electrons. The number of rotatable bonds is 2. The lowest BCUT2D eigenvalue weighted by Gasteiger charge is -2.33. The highest BCUT2D eigenvalue weighted by Gasteiger charge is 2.26. The SMILES string of the molecule is CN(C(=O)OCCl)C1CCC1. The minimum Gasteiger partial charge on any atom is -0.433 e. The molecule has 1 aliphatic rings. The van der Waals surface area contributed by atoms with E-state index >= 15 is 0 Å². The van der Waals surface area contributed by atoms with Crippen LogP contribution in [-0.4, -0.2) is 30.1 Å². The van der Waals surface area contributed by atoms with Gasteiger partial charge in [-0.2, -0.15) is 0 Å². The molecule has 0 spiro atoms. The van der Waals surface area contributed by atoms with E-state index in [0.717, 1.165) is 12.8 Å². The van der Waals surface area contributed by atoms with Gasteiger partial charge in [-0.3, -0.25) is 0 Å². The topological polar surface area (TPSA) is 29.5 Å². The minimum atomic E-state index is -0.315. The van der Waals surface area contributed by atoms with E-state index in [9.17, 15) is 4.79 Å². The summed E-state index contributed by atoms with van der Waals surface area (Å²) in [7, 11) is 1.75. The highest BCUT2D eigenvalue weighted by molar-refractivity contribution is 6.17. The zero-order valence-electron chi connectivity index (χ0n) is 6.55. The number of halogens is 1. The Morgan fingerprint density at radius 3 is 2.73 bits per heavy atom. The van der Waals surface area contributed by atoms with Crippen LogP contribution in [0.2, 0.25) is 0 Å². The van der Waals surface area contributed by atoms with Crippen LogP contribution in [0.5, 0.6) is 0 Å². The van der Waals surface area contributed by atoms with Crippen molar-refractivity contribution in [3.05, 3.63) is 0 Å². The Kier molecular flexibility index (Phi) is 3.00. The fourth-order valence-electron chi connectivity index (χ4n) is 1.07. The van der Waals surface area contributed by atoms with E-state index in [-0.39, 0.29) is 12.2 Å². The normalized spacial score (nSPS) is 17.3. The van der Waals surface area contributed by atoms with Crippen molar-refractivity contribution >= 4 is 17.7 Å². The van der Waals surface area contributed by atoms with E-state index in [1.807, 2.05) is 0 Å². The molecule has 0 bridgehead atoms. The van der Waals surface area contributed by atoms with Crippen LogP contribution < -0.4 is 0 Å². The van der Waals surface area contributed by atoms with Crippen molar-refractivity contribution in [2.24, 2.45) is 0 Å². The quantitative estimate of drug-likeness (QED) is 0.602. The van der Waals surface area contributed by atoms with Crippen LogP contribution in [0, 0.1) is 0 Å². The van der Waals surface area contributed by atoms with Crippen molar-refractivity contribution in [3.8, 4) is 0 Å². The number of alkyl halides is 1. The molecule has 1 amide bonds. The van der Waals surface area contributed by atoms with Gasteiger partial charge >= 0.3 is 6.09 Å². The number of hydrogen-bond acceptors (Lipinski definition) is 2. The van der Waals surface area contributed by atoms with Gasteiger partial charge in [-0.15, -0.1) is 0 Å². The molecule has 1 fully saturated rings. The number of ether oxygens (including phenoxy) is 1. The molecule has 0 aliphatic heterocycles. The Bertz CT molecular complexity index is 147. The fraction of sp³-hybridized carbons (Fsp3) is 0.857. The van der Waals surface area contributed by atoms with E-state index in [4.69, 9.17) is 11.6 Å². The number of carbonyl (C=O) groups excluding carboxylic acids is 1. The summed E-state index contributed by atoms with van der Waals surface area (Å²) in [5, 5.41) is 0. The maximum Gasteiger partial charge on any atom is 0.410 e. The molecule has 0 N–H and O–H groups in total. The van der Waals surface area contributed by atoms with Gasteiger partial charge in [0.2, 0.25) is 0 Å². The Hall–Kier alpha value is -0.440. The molecule has 3 nitrogen and oxygen atoms in total. The van der Waals surface area contributed by atoms with E-state index in [1.165, 1.54) is 6.42 Å². The van der Waals surface area contributed by atoms with Crippen LogP contribution in [0.4, 0.5) is 4.79 Å². The lowest BCUT2D eigenvalue weighted by atomic mass is 9.92. The molecular formula is C7H12ClNO2. The molecule has 0 aromatic carbocycles. The summed E-state index contributed by atoms with van der Waals surface area (Å²) in [6.07, 6.45) is 3.08. The smallest absolute Gasteiger partial charge is 0.410 e. The molecular weight excluding hydrogens is 166 g/mol. The van der Waals surface area contributed by atoms with Gasteiger partial charge in [-0.05, 0) is 19.3 Å². The average molecular weight is 178 g/mol. The number of carbonyl (C=O) groups is 1. The summed E-state index contributed by atoms with van der Waals surface area (Å²) in [6.45, 7) is 0. The summed E-state index contributed by atoms with van der Waals surface area (Å²) in [6, 6.07) is 0.321. The Labute approximate surface area is 71.3 Å². The molecule has 4 heteroatoms. The molecule has 0 radical (unpaired) electrons. The maximum atomic E-state index is 11.0. The molecule has 0 unspecified atom stereocenters. The summed E-state index contributed by atoms with van der Waals surface area (Å²) in [5.74, 6) is 0. The van der Waals surface area contributed by atoms with Gasteiger partial charge in [0, 0.05) is 13.1 Å². The standard InChI is InChI=1S/C7H12ClNO2/c1-9(6-3-2-4-6)7(10)11-5-8/h6H,2-5H2,1H3. The fourth-order valence-corrected chi connectivity index (χ4v) is 1.16.